The number of rotatable bonds is 4. The second-order valence-electron chi connectivity index (χ2n) is 5.59. The Morgan fingerprint density at radius 3 is 2.50 bits per heavy atom. The number of nitrogen functional groups attached to an aromatic ring is 1. The summed E-state index contributed by atoms with van der Waals surface area (Å²) in [7, 11) is 0. The first-order valence-electron chi connectivity index (χ1n) is 7.42. The van der Waals surface area contributed by atoms with Gasteiger partial charge in [-0.05, 0) is 50.6 Å². The Morgan fingerprint density at radius 2 is 1.88 bits per heavy atom. The highest BCUT2D eigenvalue weighted by atomic mass is 35.5. The van der Waals surface area contributed by atoms with Gasteiger partial charge >= 0.3 is 5.97 Å². The number of nitrogens with one attached hydrogen (secondary N) is 1. The first-order valence-corrected chi connectivity index (χ1v) is 7.80. The lowest BCUT2D eigenvalue weighted by Crippen LogP contribution is -2.30. The Bertz CT molecular complexity index is 790. The van der Waals surface area contributed by atoms with Gasteiger partial charge < -0.3 is 15.8 Å². The second-order valence-corrected chi connectivity index (χ2v) is 6.02. The van der Waals surface area contributed by atoms with Crippen molar-refractivity contribution in [1.29, 1.82) is 0 Å². The van der Waals surface area contributed by atoms with Crippen LogP contribution in [0.4, 0.5) is 11.4 Å². The van der Waals surface area contributed by atoms with Gasteiger partial charge in [-0.15, -0.1) is 0 Å². The summed E-state index contributed by atoms with van der Waals surface area (Å²) in [6, 6.07) is 10.1. The van der Waals surface area contributed by atoms with Gasteiger partial charge in [-0.3, -0.25) is 4.79 Å². The molecule has 2 aromatic rings. The van der Waals surface area contributed by atoms with Crippen molar-refractivity contribution in [1.82, 2.24) is 0 Å². The number of hydrogen-bond donors (Lipinski definition) is 2. The fraction of sp³-hybridized carbons (Fsp3) is 0.222. The molecule has 0 unspecified atom stereocenters. The predicted molar refractivity (Wildman–Crippen MR) is 95.3 cm³/mol. The number of carbonyl (C=O) groups is 2. The smallest absolute Gasteiger partial charge is 0.341 e. The fourth-order valence-electron chi connectivity index (χ4n) is 2.19. The fourth-order valence-corrected chi connectivity index (χ4v) is 2.37. The van der Waals surface area contributed by atoms with Crippen molar-refractivity contribution in [2.45, 2.75) is 26.9 Å². The minimum absolute atomic E-state index is 0.172. The van der Waals surface area contributed by atoms with Crippen LogP contribution in [0.25, 0.3) is 0 Å². The summed E-state index contributed by atoms with van der Waals surface area (Å²) in [6.07, 6.45) is -0.965. The lowest BCUT2D eigenvalue weighted by molar-refractivity contribution is -0.123. The van der Waals surface area contributed by atoms with E-state index in [-0.39, 0.29) is 11.3 Å². The Morgan fingerprint density at radius 1 is 1.17 bits per heavy atom. The maximum atomic E-state index is 12.2. The Labute approximate surface area is 145 Å². The number of benzene rings is 2. The van der Waals surface area contributed by atoms with E-state index in [0.29, 0.717) is 10.7 Å². The molecule has 0 saturated heterocycles. The molecule has 3 N–H and O–H groups in total. The maximum Gasteiger partial charge on any atom is 0.341 e. The van der Waals surface area contributed by atoms with Gasteiger partial charge in [0.15, 0.2) is 6.10 Å². The van der Waals surface area contributed by atoms with E-state index in [1.54, 1.807) is 0 Å². The van der Waals surface area contributed by atoms with E-state index in [4.69, 9.17) is 22.1 Å². The third-order valence-corrected chi connectivity index (χ3v) is 3.76. The average molecular weight is 347 g/mol. The Balaban J connectivity index is 2.04. The van der Waals surface area contributed by atoms with Gasteiger partial charge in [0, 0.05) is 16.4 Å². The molecule has 2 aromatic carbocycles. The largest absolute Gasteiger partial charge is 0.449 e. The maximum absolute atomic E-state index is 12.2. The zero-order valence-electron chi connectivity index (χ0n) is 13.7. The number of halogens is 1. The molecule has 0 bridgehead atoms. The number of amides is 1. The van der Waals surface area contributed by atoms with Crippen molar-refractivity contribution in [2.24, 2.45) is 0 Å². The number of hydrogen-bond acceptors (Lipinski definition) is 4. The third-order valence-electron chi connectivity index (χ3n) is 3.53. The van der Waals surface area contributed by atoms with Crippen LogP contribution in [0.1, 0.15) is 28.4 Å². The van der Waals surface area contributed by atoms with E-state index in [2.05, 4.69) is 5.32 Å². The zero-order chi connectivity index (χ0) is 17.9. The summed E-state index contributed by atoms with van der Waals surface area (Å²) in [4.78, 5) is 24.3. The Hall–Kier alpha value is -2.53. The quantitative estimate of drug-likeness (QED) is 0.653. The summed E-state index contributed by atoms with van der Waals surface area (Å²) >= 11 is 5.80. The average Bonchev–Trinajstić information content (AvgIpc) is 2.49. The van der Waals surface area contributed by atoms with Crippen molar-refractivity contribution >= 4 is 34.9 Å². The number of anilines is 2. The minimum Gasteiger partial charge on any atom is -0.449 e. The summed E-state index contributed by atoms with van der Waals surface area (Å²) in [5.41, 5.74) is 8.84. The predicted octanol–water partition coefficient (Wildman–Crippen LogP) is 3.72. The Kier molecular flexibility index (Phi) is 5.46. The summed E-state index contributed by atoms with van der Waals surface area (Å²) in [5.74, 6) is -1.09. The van der Waals surface area contributed by atoms with Crippen LogP contribution in [0.2, 0.25) is 5.02 Å². The topological polar surface area (TPSA) is 81.4 Å². The van der Waals surface area contributed by atoms with Gasteiger partial charge in [-0.2, -0.15) is 0 Å². The van der Waals surface area contributed by atoms with Crippen LogP contribution in [-0.4, -0.2) is 18.0 Å². The van der Waals surface area contributed by atoms with Gasteiger partial charge in [-0.25, -0.2) is 4.79 Å². The minimum atomic E-state index is -0.965. The van der Waals surface area contributed by atoms with Crippen LogP contribution in [0.15, 0.2) is 36.4 Å². The molecule has 2 rings (SSSR count). The SMILES string of the molecule is Cc1ccc(NC(=O)[C@H](C)OC(=O)c2ccc(Cl)cc2N)c(C)c1. The number of ether oxygens (including phenoxy) is 1. The van der Waals surface area contributed by atoms with Crippen LogP contribution in [0, 0.1) is 13.8 Å². The van der Waals surface area contributed by atoms with E-state index in [0.717, 1.165) is 11.1 Å². The van der Waals surface area contributed by atoms with Crippen molar-refractivity contribution in [2.75, 3.05) is 11.1 Å². The molecular formula is C18H19ClN2O3. The highest BCUT2D eigenvalue weighted by Crippen LogP contribution is 2.20. The van der Waals surface area contributed by atoms with Crippen molar-refractivity contribution < 1.29 is 14.3 Å². The number of nitrogens with two attached hydrogens (primary N) is 1. The highest BCUT2D eigenvalue weighted by molar-refractivity contribution is 6.31. The van der Waals surface area contributed by atoms with E-state index in [1.165, 1.54) is 25.1 Å². The molecule has 126 valence electrons. The molecule has 5 nitrogen and oxygen atoms in total. The molecule has 6 heteroatoms. The molecule has 0 radical (unpaired) electrons. The summed E-state index contributed by atoms with van der Waals surface area (Å²) in [5, 5.41) is 3.17. The number of aryl methyl sites for hydroxylation is 2. The molecule has 0 aliphatic rings. The lowest BCUT2D eigenvalue weighted by Gasteiger charge is -2.15. The van der Waals surface area contributed by atoms with Gasteiger partial charge in [0.1, 0.15) is 0 Å². The van der Waals surface area contributed by atoms with E-state index in [9.17, 15) is 9.59 Å². The zero-order valence-corrected chi connectivity index (χ0v) is 14.5. The molecular weight excluding hydrogens is 328 g/mol. The molecule has 1 atom stereocenters. The number of esters is 1. The lowest BCUT2D eigenvalue weighted by atomic mass is 10.1. The van der Waals surface area contributed by atoms with Crippen molar-refractivity contribution in [3.63, 3.8) is 0 Å². The molecule has 0 spiro atoms. The second kappa shape index (κ2) is 7.36. The number of carbonyl (C=O) groups excluding carboxylic acids is 2. The van der Waals surface area contributed by atoms with Crippen LogP contribution in [0.3, 0.4) is 0 Å². The first-order chi connectivity index (χ1) is 11.3. The molecule has 0 aliphatic heterocycles. The molecule has 0 aliphatic carbocycles. The highest BCUT2D eigenvalue weighted by Gasteiger charge is 2.21. The normalized spacial score (nSPS) is 11.7. The third kappa shape index (κ3) is 4.26. The van der Waals surface area contributed by atoms with E-state index < -0.39 is 18.0 Å². The van der Waals surface area contributed by atoms with Crippen molar-refractivity contribution in [3.8, 4) is 0 Å². The monoisotopic (exact) mass is 346 g/mol. The molecule has 0 heterocycles. The van der Waals surface area contributed by atoms with Crippen LogP contribution in [0.5, 0.6) is 0 Å². The molecule has 24 heavy (non-hydrogen) atoms. The van der Waals surface area contributed by atoms with Crippen LogP contribution < -0.4 is 11.1 Å². The van der Waals surface area contributed by atoms with Gasteiger partial charge in [0.05, 0.1) is 5.56 Å². The summed E-state index contributed by atoms with van der Waals surface area (Å²) in [6.45, 7) is 5.37. The van der Waals surface area contributed by atoms with E-state index >= 15 is 0 Å². The standard InChI is InChI=1S/C18H19ClN2O3/c1-10-4-7-16(11(2)8-10)21-17(22)12(3)24-18(23)14-6-5-13(19)9-15(14)20/h4-9,12H,20H2,1-3H3,(H,21,22)/t12-/m0/s1. The first kappa shape index (κ1) is 17.8. The van der Waals surface area contributed by atoms with Gasteiger partial charge in [-0.1, -0.05) is 29.3 Å². The molecule has 0 saturated carbocycles. The van der Waals surface area contributed by atoms with Crippen LogP contribution >= 0.6 is 11.6 Å². The molecule has 0 fully saturated rings. The molecule has 0 aromatic heterocycles. The van der Waals surface area contributed by atoms with Crippen LogP contribution in [-0.2, 0) is 9.53 Å². The summed E-state index contributed by atoms with van der Waals surface area (Å²) < 4.78 is 5.18. The van der Waals surface area contributed by atoms with Gasteiger partial charge in [0.25, 0.3) is 5.91 Å². The van der Waals surface area contributed by atoms with Crippen molar-refractivity contribution in [3.05, 3.63) is 58.1 Å². The van der Waals surface area contributed by atoms with Gasteiger partial charge in [0.2, 0.25) is 0 Å². The van der Waals surface area contributed by atoms with E-state index in [1.807, 2.05) is 32.0 Å². The molecule has 1 amide bonds.